The molecule has 1 aliphatic heterocycles. The van der Waals surface area contributed by atoms with E-state index in [9.17, 15) is 4.79 Å². The van der Waals surface area contributed by atoms with Crippen molar-refractivity contribution in [1.82, 2.24) is 10.6 Å². The van der Waals surface area contributed by atoms with E-state index in [0.29, 0.717) is 0 Å². The zero-order valence-electron chi connectivity index (χ0n) is 5.99. The van der Waals surface area contributed by atoms with E-state index in [2.05, 4.69) is 10.6 Å². The summed E-state index contributed by atoms with van der Waals surface area (Å²) < 4.78 is 0. The van der Waals surface area contributed by atoms with Gasteiger partial charge in [0.2, 0.25) is 0 Å². The van der Waals surface area contributed by atoms with Gasteiger partial charge in [-0.1, -0.05) is 0 Å². The minimum absolute atomic E-state index is 0.0625. The molecule has 0 bridgehead atoms. The zero-order valence-corrected chi connectivity index (χ0v) is 5.99. The molecule has 0 aromatic carbocycles. The minimum Gasteiger partial charge on any atom is -0.333 e. The fraction of sp³-hybridized carbons (Fsp3) is 0.833. The molecule has 1 aliphatic rings. The molecule has 1 atom stereocenters. The molecule has 1 fully saturated rings. The van der Waals surface area contributed by atoms with Gasteiger partial charge in [-0.3, -0.25) is 0 Å². The fourth-order valence-electron chi connectivity index (χ4n) is 0.814. The van der Waals surface area contributed by atoms with Crippen molar-refractivity contribution in [3.63, 3.8) is 0 Å². The van der Waals surface area contributed by atoms with E-state index in [0.717, 1.165) is 0 Å². The first-order valence-corrected chi connectivity index (χ1v) is 3.11. The molecular weight excluding hydrogens is 116 g/mol. The van der Waals surface area contributed by atoms with Crippen molar-refractivity contribution in [3.05, 3.63) is 0 Å². The van der Waals surface area contributed by atoms with Crippen LogP contribution in [0.25, 0.3) is 0 Å². The first-order valence-electron chi connectivity index (χ1n) is 3.11. The highest BCUT2D eigenvalue weighted by Gasteiger charge is 2.34. The topological polar surface area (TPSA) is 41.1 Å². The van der Waals surface area contributed by atoms with Gasteiger partial charge in [0.15, 0.2) is 0 Å². The molecule has 0 aromatic rings. The molecule has 2 amide bonds. The van der Waals surface area contributed by atoms with Gasteiger partial charge in [-0.2, -0.15) is 0 Å². The zero-order chi connectivity index (χ0) is 7.07. The van der Waals surface area contributed by atoms with Crippen LogP contribution in [-0.2, 0) is 0 Å². The summed E-state index contributed by atoms with van der Waals surface area (Å²) in [6.45, 7) is 5.98. The maximum absolute atomic E-state index is 10.6. The number of amides is 2. The van der Waals surface area contributed by atoms with Gasteiger partial charge < -0.3 is 10.6 Å². The van der Waals surface area contributed by atoms with Crippen molar-refractivity contribution in [2.45, 2.75) is 32.4 Å². The molecule has 0 aromatic heterocycles. The number of hydrogen-bond donors (Lipinski definition) is 2. The summed E-state index contributed by atoms with van der Waals surface area (Å²) in [5, 5.41) is 5.55. The Morgan fingerprint density at radius 1 is 1.56 bits per heavy atom. The van der Waals surface area contributed by atoms with Gasteiger partial charge in [0.05, 0.1) is 11.6 Å². The van der Waals surface area contributed by atoms with Gasteiger partial charge >= 0.3 is 6.03 Å². The lowest BCUT2D eigenvalue weighted by Gasteiger charge is -2.20. The predicted molar refractivity (Wildman–Crippen MR) is 35.2 cm³/mol. The molecule has 3 nitrogen and oxygen atoms in total. The molecule has 0 saturated carbocycles. The van der Waals surface area contributed by atoms with Crippen LogP contribution >= 0.6 is 0 Å². The lowest BCUT2D eigenvalue weighted by Crippen LogP contribution is -2.41. The molecule has 1 rings (SSSR count). The molecule has 2 N–H and O–H groups in total. The molecule has 1 heterocycles. The third-order valence-electron chi connectivity index (χ3n) is 1.87. The lowest BCUT2D eigenvalue weighted by molar-refractivity contribution is 0.246. The Balaban J connectivity index is 2.69. The molecule has 1 saturated heterocycles. The van der Waals surface area contributed by atoms with Gasteiger partial charge in [0, 0.05) is 0 Å². The Labute approximate surface area is 54.8 Å². The van der Waals surface area contributed by atoms with Crippen molar-refractivity contribution in [2.75, 3.05) is 0 Å². The summed E-state index contributed by atoms with van der Waals surface area (Å²) >= 11 is 0. The van der Waals surface area contributed by atoms with Gasteiger partial charge in [0.1, 0.15) is 0 Å². The highest BCUT2D eigenvalue weighted by molar-refractivity contribution is 5.78. The van der Waals surface area contributed by atoms with Gasteiger partial charge in [-0.15, -0.1) is 0 Å². The standard InChI is InChI=1S/C6H12N2O/c1-4-6(2,3)8-5(9)7-4/h4H,1-3H3,(H2,7,8,9). The van der Waals surface area contributed by atoms with Gasteiger partial charge in [0.25, 0.3) is 0 Å². The van der Waals surface area contributed by atoms with Crippen LogP contribution in [0.15, 0.2) is 0 Å². The van der Waals surface area contributed by atoms with Crippen LogP contribution in [0.3, 0.4) is 0 Å². The Bertz CT molecular complexity index is 142. The smallest absolute Gasteiger partial charge is 0.315 e. The molecule has 52 valence electrons. The first kappa shape index (κ1) is 6.39. The van der Waals surface area contributed by atoms with Crippen molar-refractivity contribution < 1.29 is 4.79 Å². The van der Waals surface area contributed by atoms with E-state index in [-0.39, 0.29) is 17.6 Å². The minimum atomic E-state index is -0.0862. The van der Waals surface area contributed by atoms with E-state index >= 15 is 0 Å². The third-order valence-corrected chi connectivity index (χ3v) is 1.87. The molecule has 0 aliphatic carbocycles. The van der Waals surface area contributed by atoms with E-state index in [4.69, 9.17) is 0 Å². The van der Waals surface area contributed by atoms with Gasteiger partial charge in [-0.25, -0.2) is 4.79 Å². The summed E-state index contributed by atoms with van der Waals surface area (Å²) in [5.74, 6) is 0. The normalized spacial score (nSPS) is 31.4. The second-order valence-electron chi connectivity index (χ2n) is 3.04. The van der Waals surface area contributed by atoms with Crippen LogP contribution in [0, 0.1) is 0 Å². The van der Waals surface area contributed by atoms with Crippen molar-refractivity contribution >= 4 is 6.03 Å². The van der Waals surface area contributed by atoms with Crippen molar-refractivity contribution in [2.24, 2.45) is 0 Å². The average molecular weight is 128 g/mol. The highest BCUT2D eigenvalue weighted by Crippen LogP contribution is 2.12. The molecule has 1 unspecified atom stereocenters. The van der Waals surface area contributed by atoms with Crippen LogP contribution < -0.4 is 10.6 Å². The quantitative estimate of drug-likeness (QED) is 0.489. The van der Waals surface area contributed by atoms with E-state index < -0.39 is 0 Å². The average Bonchev–Trinajstić information content (AvgIpc) is 1.79. The molecule has 3 heteroatoms. The van der Waals surface area contributed by atoms with Crippen LogP contribution in [-0.4, -0.2) is 17.6 Å². The summed E-state index contributed by atoms with van der Waals surface area (Å²) in [4.78, 5) is 10.6. The largest absolute Gasteiger partial charge is 0.333 e. The Morgan fingerprint density at radius 3 is 2.22 bits per heavy atom. The number of hydrogen-bond acceptors (Lipinski definition) is 1. The Morgan fingerprint density at radius 2 is 2.11 bits per heavy atom. The SMILES string of the molecule is CC1NC(=O)NC1(C)C. The summed E-state index contributed by atoms with van der Waals surface area (Å²) in [6.07, 6.45) is 0. The second kappa shape index (κ2) is 1.62. The Hall–Kier alpha value is -0.730. The summed E-state index contributed by atoms with van der Waals surface area (Å²) in [7, 11) is 0. The molecule has 0 spiro atoms. The maximum atomic E-state index is 10.6. The molecule has 0 radical (unpaired) electrons. The highest BCUT2D eigenvalue weighted by atomic mass is 16.2. The van der Waals surface area contributed by atoms with Crippen LogP contribution in [0.1, 0.15) is 20.8 Å². The van der Waals surface area contributed by atoms with Crippen molar-refractivity contribution in [3.8, 4) is 0 Å². The van der Waals surface area contributed by atoms with E-state index in [1.54, 1.807) is 0 Å². The van der Waals surface area contributed by atoms with Crippen LogP contribution in [0.5, 0.6) is 0 Å². The third kappa shape index (κ3) is 0.992. The van der Waals surface area contributed by atoms with Crippen LogP contribution in [0.4, 0.5) is 4.79 Å². The maximum Gasteiger partial charge on any atom is 0.315 e. The van der Waals surface area contributed by atoms with Crippen LogP contribution in [0.2, 0.25) is 0 Å². The number of urea groups is 1. The number of nitrogens with one attached hydrogen (secondary N) is 2. The van der Waals surface area contributed by atoms with Gasteiger partial charge in [-0.05, 0) is 20.8 Å². The predicted octanol–water partition coefficient (Wildman–Crippen LogP) is 0.466. The summed E-state index contributed by atoms with van der Waals surface area (Å²) in [6, 6.07) is 0.164. The Kier molecular flexibility index (Phi) is 1.15. The monoisotopic (exact) mass is 128 g/mol. The second-order valence-corrected chi connectivity index (χ2v) is 3.04. The van der Waals surface area contributed by atoms with Crippen molar-refractivity contribution in [1.29, 1.82) is 0 Å². The number of carbonyl (C=O) groups is 1. The van der Waals surface area contributed by atoms with E-state index in [1.165, 1.54) is 0 Å². The number of rotatable bonds is 0. The number of carbonyl (C=O) groups excluding carboxylic acids is 1. The fourth-order valence-corrected chi connectivity index (χ4v) is 0.814. The lowest BCUT2D eigenvalue weighted by atomic mass is 9.99. The first-order chi connectivity index (χ1) is 4.02. The summed E-state index contributed by atoms with van der Waals surface area (Å²) in [5.41, 5.74) is -0.0862. The van der Waals surface area contributed by atoms with E-state index in [1.807, 2.05) is 20.8 Å². The molecular formula is C6H12N2O. The molecule has 9 heavy (non-hydrogen) atoms.